The lowest BCUT2D eigenvalue weighted by Crippen LogP contribution is -1.90. The SMILES string of the molecule is N#CCc1cc(N)c(Cl)c2ccsc12. The second kappa shape index (κ2) is 3.49. The van der Waals surface area contributed by atoms with Crippen LogP contribution in [-0.4, -0.2) is 0 Å². The molecule has 0 radical (unpaired) electrons. The molecule has 2 rings (SSSR count). The molecule has 1 heterocycles. The van der Waals surface area contributed by atoms with Crippen LogP contribution in [-0.2, 0) is 6.42 Å². The number of nitriles is 1. The minimum absolute atomic E-state index is 0.373. The number of halogens is 1. The summed E-state index contributed by atoms with van der Waals surface area (Å²) in [6.45, 7) is 0. The van der Waals surface area contributed by atoms with E-state index >= 15 is 0 Å². The average Bonchev–Trinajstić information content (AvgIpc) is 2.63. The number of nitrogens with two attached hydrogens (primary N) is 1. The molecule has 0 aliphatic carbocycles. The monoisotopic (exact) mass is 222 g/mol. The molecule has 0 saturated carbocycles. The highest BCUT2D eigenvalue weighted by atomic mass is 35.5. The number of nitrogens with zero attached hydrogens (tertiary/aromatic N) is 1. The van der Waals surface area contributed by atoms with Crippen molar-refractivity contribution < 1.29 is 0 Å². The van der Waals surface area contributed by atoms with Gasteiger partial charge in [-0.15, -0.1) is 11.3 Å². The number of fused-ring (bicyclic) bond motifs is 1. The van der Waals surface area contributed by atoms with E-state index in [1.165, 1.54) is 0 Å². The highest BCUT2D eigenvalue weighted by molar-refractivity contribution is 7.17. The van der Waals surface area contributed by atoms with E-state index < -0.39 is 0 Å². The first-order valence-corrected chi connectivity index (χ1v) is 5.31. The van der Waals surface area contributed by atoms with Gasteiger partial charge in [0.1, 0.15) is 0 Å². The summed E-state index contributed by atoms with van der Waals surface area (Å²) in [4.78, 5) is 0. The largest absolute Gasteiger partial charge is 0.397 e. The van der Waals surface area contributed by atoms with Gasteiger partial charge in [-0.3, -0.25) is 0 Å². The molecular formula is C10H7ClN2S. The topological polar surface area (TPSA) is 49.8 Å². The van der Waals surface area contributed by atoms with E-state index in [0.29, 0.717) is 17.1 Å². The van der Waals surface area contributed by atoms with Crippen molar-refractivity contribution in [2.75, 3.05) is 5.73 Å². The van der Waals surface area contributed by atoms with Gasteiger partial charge in [0.25, 0.3) is 0 Å². The molecular weight excluding hydrogens is 216 g/mol. The number of nitrogen functional groups attached to an aromatic ring is 1. The van der Waals surface area contributed by atoms with Crippen LogP contribution in [0.15, 0.2) is 17.5 Å². The van der Waals surface area contributed by atoms with Gasteiger partial charge >= 0.3 is 0 Å². The molecule has 0 bridgehead atoms. The van der Waals surface area contributed by atoms with Crippen molar-refractivity contribution in [3.05, 3.63) is 28.1 Å². The van der Waals surface area contributed by atoms with Crippen molar-refractivity contribution in [3.8, 4) is 6.07 Å². The van der Waals surface area contributed by atoms with Gasteiger partial charge in [-0.1, -0.05) is 11.6 Å². The molecule has 1 aromatic carbocycles. The Labute approximate surface area is 90.5 Å². The van der Waals surface area contributed by atoms with Crippen molar-refractivity contribution in [2.45, 2.75) is 6.42 Å². The van der Waals surface area contributed by atoms with Gasteiger partial charge in [-0.2, -0.15) is 5.26 Å². The van der Waals surface area contributed by atoms with Crippen molar-refractivity contribution in [3.63, 3.8) is 0 Å². The number of thiophene rings is 1. The summed E-state index contributed by atoms with van der Waals surface area (Å²) in [6.07, 6.45) is 0.373. The fraction of sp³-hybridized carbons (Fsp3) is 0.100. The molecule has 2 aromatic rings. The highest BCUT2D eigenvalue weighted by Gasteiger charge is 2.09. The molecule has 0 aliphatic heterocycles. The zero-order chi connectivity index (χ0) is 10.1. The van der Waals surface area contributed by atoms with Crippen LogP contribution in [0.4, 0.5) is 5.69 Å². The molecule has 0 spiro atoms. The maximum absolute atomic E-state index is 8.66. The lowest BCUT2D eigenvalue weighted by Gasteiger charge is -2.03. The predicted molar refractivity (Wildman–Crippen MR) is 60.6 cm³/mol. The lowest BCUT2D eigenvalue weighted by atomic mass is 10.1. The van der Waals surface area contributed by atoms with E-state index in [2.05, 4.69) is 6.07 Å². The number of rotatable bonds is 1. The van der Waals surface area contributed by atoms with Gasteiger partial charge in [0, 0.05) is 10.1 Å². The highest BCUT2D eigenvalue weighted by Crippen LogP contribution is 2.35. The van der Waals surface area contributed by atoms with E-state index in [-0.39, 0.29) is 0 Å². The molecule has 0 aliphatic rings. The quantitative estimate of drug-likeness (QED) is 0.754. The summed E-state index contributed by atoms with van der Waals surface area (Å²) in [6, 6.07) is 5.83. The Morgan fingerprint density at radius 1 is 1.57 bits per heavy atom. The first kappa shape index (κ1) is 9.32. The van der Waals surface area contributed by atoms with Gasteiger partial charge in [-0.25, -0.2) is 0 Å². The Balaban J connectivity index is 2.79. The molecule has 2 N–H and O–H groups in total. The van der Waals surface area contributed by atoms with Gasteiger partial charge in [0.05, 0.1) is 23.2 Å². The number of benzene rings is 1. The number of anilines is 1. The van der Waals surface area contributed by atoms with E-state index in [1.807, 2.05) is 11.4 Å². The molecule has 0 saturated heterocycles. The van der Waals surface area contributed by atoms with Crippen LogP contribution in [0.25, 0.3) is 10.1 Å². The van der Waals surface area contributed by atoms with Crippen LogP contribution in [0.5, 0.6) is 0 Å². The van der Waals surface area contributed by atoms with Crippen LogP contribution < -0.4 is 5.73 Å². The Hall–Kier alpha value is -1.24. The summed E-state index contributed by atoms with van der Waals surface area (Å²) < 4.78 is 1.06. The summed E-state index contributed by atoms with van der Waals surface area (Å²) in [5.41, 5.74) is 7.24. The maximum atomic E-state index is 8.66. The molecule has 2 nitrogen and oxygen atoms in total. The van der Waals surface area contributed by atoms with Crippen LogP contribution >= 0.6 is 22.9 Å². The summed E-state index contributed by atoms with van der Waals surface area (Å²) in [7, 11) is 0. The average molecular weight is 223 g/mol. The molecule has 0 atom stereocenters. The molecule has 0 amide bonds. The van der Waals surface area contributed by atoms with Crippen molar-refractivity contribution in [1.82, 2.24) is 0 Å². The zero-order valence-corrected chi connectivity index (χ0v) is 8.82. The normalized spacial score (nSPS) is 10.3. The van der Waals surface area contributed by atoms with E-state index in [9.17, 15) is 0 Å². The second-order valence-electron chi connectivity index (χ2n) is 2.94. The molecule has 4 heteroatoms. The Kier molecular flexibility index (Phi) is 2.32. The minimum atomic E-state index is 0.373. The molecule has 0 unspecified atom stereocenters. The first-order valence-electron chi connectivity index (χ1n) is 4.05. The van der Waals surface area contributed by atoms with Gasteiger partial charge < -0.3 is 5.73 Å². The zero-order valence-electron chi connectivity index (χ0n) is 7.25. The van der Waals surface area contributed by atoms with E-state index in [0.717, 1.165) is 15.6 Å². The predicted octanol–water partition coefficient (Wildman–Crippen LogP) is 3.20. The Bertz CT molecular complexity index is 525. The fourth-order valence-corrected chi connectivity index (χ4v) is 2.61. The Morgan fingerprint density at radius 2 is 2.36 bits per heavy atom. The van der Waals surface area contributed by atoms with Gasteiger partial charge in [-0.05, 0) is 23.1 Å². The lowest BCUT2D eigenvalue weighted by molar-refractivity contribution is 1.29. The van der Waals surface area contributed by atoms with Crippen LogP contribution in [0.3, 0.4) is 0 Å². The third-order valence-electron chi connectivity index (χ3n) is 2.05. The first-order chi connectivity index (χ1) is 6.74. The molecule has 14 heavy (non-hydrogen) atoms. The standard InChI is InChI=1S/C10H7ClN2S/c11-9-7-2-4-14-10(7)6(1-3-12)5-8(9)13/h2,4-5H,1,13H2. The number of hydrogen-bond acceptors (Lipinski definition) is 3. The third kappa shape index (κ3) is 1.33. The second-order valence-corrected chi connectivity index (χ2v) is 4.23. The summed E-state index contributed by atoms with van der Waals surface area (Å²) in [5.74, 6) is 0. The van der Waals surface area contributed by atoms with Crippen molar-refractivity contribution in [1.29, 1.82) is 5.26 Å². The fourth-order valence-electron chi connectivity index (χ4n) is 1.42. The molecule has 1 aromatic heterocycles. The smallest absolute Gasteiger partial charge is 0.0722 e. The molecule has 0 fully saturated rings. The Morgan fingerprint density at radius 3 is 3.07 bits per heavy atom. The van der Waals surface area contributed by atoms with Crippen LogP contribution in [0, 0.1) is 11.3 Å². The minimum Gasteiger partial charge on any atom is -0.397 e. The van der Waals surface area contributed by atoms with Crippen molar-refractivity contribution in [2.24, 2.45) is 0 Å². The van der Waals surface area contributed by atoms with Gasteiger partial charge in [0.15, 0.2) is 0 Å². The van der Waals surface area contributed by atoms with Crippen LogP contribution in [0.1, 0.15) is 5.56 Å². The summed E-state index contributed by atoms with van der Waals surface area (Å²) in [5, 5.41) is 12.1. The van der Waals surface area contributed by atoms with Gasteiger partial charge in [0.2, 0.25) is 0 Å². The maximum Gasteiger partial charge on any atom is 0.0722 e. The third-order valence-corrected chi connectivity index (χ3v) is 3.46. The van der Waals surface area contributed by atoms with Crippen molar-refractivity contribution >= 4 is 38.7 Å². The summed E-state index contributed by atoms with van der Waals surface area (Å²) >= 11 is 7.62. The number of hydrogen-bond donors (Lipinski definition) is 1. The van der Waals surface area contributed by atoms with E-state index in [4.69, 9.17) is 22.6 Å². The van der Waals surface area contributed by atoms with E-state index in [1.54, 1.807) is 17.4 Å². The molecule has 70 valence electrons. The van der Waals surface area contributed by atoms with Crippen LogP contribution in [0.2, 0.25) is 5.02 Å².